The van der Waals surface area contributed by atoms with Gasteiger partial charge in [-0.1, -0.05) is 96.6 Å². The van der Waals surface area contributed by atoms with Gasteiger partial charge in [0.15, 0.2) is 0 Å². The lowest BCUT2D eigenvalue weighted by molar-refractivity contribution is -0.115. The fourth-order valence-electron chi connectivity index (χ4n) is 1.80. The Morgan fingerprint density at radius 2 is 0.913 bits per heavy atom. The van der Waals surface area contributed by atoms with Crippen LogP contribution in [0.25, 0.3) is 11.1 Å². The van der Waals surface area contributed by atoms with Crippen LogP contribution in [-0.2, 0) is 4.79 Å². The number of benzene rings is 3. The second-order valence-electron chi connectivity index (χ2n) is 5.00. The Kier molecular flexibility index (Phi) is 8.54. The largest absolute Gasteiger partial charge is 0.370 e. The first-order chi connectivity index (χ1) is 11.1. The highest BCUT2D eigenvalue weighted by Gasteiger charge is 1.91. The Morgan fingerprint density at radius 1 is 0.652 bits per heavy atom. The summed E-state index contributed by atoms with van der Waals surface area (Å²) in [6.07, 6.45) is 0. The minimum absolute atomic E-state index is 0.333. The molecule has 0 radical (unpaired) electrons. The van der Waals surface area contributed by atoms with Crippen molar-refractivity contribution in [3.05, 3.63) is 96.6 Å². The number of primary amides is 1. The van der Waals surface area contributed by atoms with Gasteiger partial charge in [0.25, 0.3) is 0 Å². The van der Waals surface area contributed by atoms with Gasteiger partial charge in [-0.25, -0.2) is 0 Å². The lowest BCUT2D eigenvalue weighted by atomic mass is 10.1. The smallest absolute Gasteiger partial charge is 0.214 e. The van der Waals surface area contributed by atoms with E-state index in [1.165, 1.54) is 23.6 Å². The number of hydrogen-bond donors (Lipinski definition) is 1. The van der Waals surface area contributed by atoms with E-state index in [9.17, 15) is 4.79 Å². The Morgan fingerprint density at radius 3 is 1.13 bits per heavy atom. The molecule has 2 nitrogen and oxygen atoms in total. The SMILES string of the molecule is CC(N)=O.Cc1ccccc1.c1ccc(-c2ccccc2)cc1. The van der Waals surface area contributed by atoms with Crippen LogP contribution in [0.3, 0.4) is 0 Å². The van der Waals surface area contributed by atoms with Crippen molar-refractivity contribution < 1.29 is 4.79 Å². The van der Waals surface area contributed by atoms with Crippen LogP contribution >= 0.6 is 0 Å². The summed E-state index contributed by atoms with van der Waals surface area (Å²) in [5.74, 6) is -0.333. The van der Waals surface area contributed by atoms with Crippen molar-refractivity contribution in [2.75, 3.05) is 0 Å². The molecule has 2 N–H and O–H groups in total. The number of aryl methyl sites for hydroxylation is 1. The van der Waals surface area contributed by atoms with Crippen molar-refractivity contribution in [3.63, 3.8) is 0 Å². The van der Waals surface area contributed by atoms with Crippen molar-refractivity contribution in [1.82, 2.24) is 0 Å². The number of amides is 1. The summed E-state index contributed by atoms with van der Waals surface area (Å²) in [6.45, 7) is 3.39. The van der Waals surface area contributed by atoms with E-state index in [0.717, 1.165) is 0 Å². The third-order valence-corrected chi connectivity index (χ3v) is 2.82. The Labute approximate surface area is 138 Å². The van der Waals surface area contributed by atoms with E-state index in [0.29, 0.717) is 0 Å². The highest BCUT2D eigenvalue weighted by molar-refractivity contribution is 5.70. The van der Waals surface area contributed by atoms with E-state index >= 15 is 0 Å². The van der Waals surface area contributed by atoms with E-state index in [-0.39, 0.29) is 5.91 Å². The molecule has 0 unspecified atom stereocenters. The summed E-state index contributed by atoms with van der Waals surface area (Å²) in [6, 6.07) is 31.0. The van der Waals surface area contributed by atoms with Gasteiger partial charge >= 0.3 is 0 Å². The monoisotopic (exact) mass is 305 g/mol. The minimum Gasteiger partial charge on any atom is -0.370 e. The molecule has 3 aromatic carbocycles. The molecule has 3 rings (SSSR count). The van der Waals surface area contributed by atoms with Crippen LogP contribution in [0, 0.1) is 6.92 Å². The number of nitrogens with two attached hydrogens (primary N) is 1. The summed E-state index contributed by atoms with van der Waals surface area (Å²) in [4.78, 5) is 9.22. The molecule has 1 amide bonds. The second kappa shape index (κ2) is 10.8. The van der Waals surface area contributed by atoms with Gasteiger partial charge < -0.3 is 5.73 Å². The lowest BCUT2D eigenvalue weighted by Crippen LogP contribution is -2.01. The molecule has 118 valence electrons. The normalized spacial score (nSPS) is 8.78. The van der Waals surface area contributed by atoms with Crippen LogP contribution in [0.5, 0.6) is 0 Å². The predicted octanol–water partition coefficient (Wildman–Crippen LogP) is 4.84. The molecule has 0 bridgehead atoms. The summed E-state index contributed by atoms with van der Waals surface area (Å²) in [7, 11) is 0. The number of carbonyl (C=O) groups is 1. The van der Waals surface area contributed by atoms with Crippen LogP contribution in [0.2, 0.25) is 0 Å². The maximum absolute atomic E-state index is 9.22. The molecule has 0 atom stereocenters. The molecule has 0 spiro atoms. The Hall–Kier alpha value is -2.87. The first-order valence-corrected chi connectivity index (χ1v) is 7.47. The Balaban J connectivity index is 0.000000204. The van der Waals surface area contributed by atoms with Gasteiger partial charge in [0.2, 0.25) is 5.91 Å². The average molecular weight is 305 g/mol. The zero-order valence-electron chi connectivity index (χ0n) is 13.6. The fraction of sp³-hybridized carbons (Fsp3) is 0.0952. The molecule has 2 heteroatoms. The van der Waals surface area contributed by atoms with Crippen molar-refractivity contribution in [2.24, 2.45) is 5.73 Å². The first kappa shape index (κ1) is 18.2. The molecule has 0 aliphatic rings. The van der Waals surface area contributed by atoms with Crippen LogP contribution in [0.15, 0.2) is 91.0 Å². The number of carbonyl (C=O) groups excluding carboxylic acids is 1. The zero-order valence-corrected chi connectivity index (χ0v) is 13.6. The van der Waals surface area contributed by atoms with Crippen molar-refractivity contribution in [3.8, 4) is 11.1 Å². The first-order valence-electron chi connectivity index (χ1n) is 7.47. The molecule has 0 aliphatic carbocycles. The molecule has 0 saturated heterocycles. The highest BCUT2D eigenvalue weighted by Crippen LogP contribution is 2.17. The van der Waals surface area contributed by atoms with Crippen LogP contribution < -0.4 is 5.73 Å². The zero-order chi connectivity index (χ0) is 16.9. The van der Waals surface area contributed by atoms with E-state index in [1.54, 1.807) is 0 Å². The predicted molar refractivity (Wildman–Crippen MR) is 97.9 cm³/mol. The van der Waals surface area contributed by atoms with Gasteiger partial charge in [0, 0.05) is 6.92 Å². The highest BCUT2D eigenvalue weighted by atomic mass is 16.1. The summed E-state index contributed by atoms with van der Waals surface area (Å²) in [5, 5.41) is 0. The second-order valence-corrected chi connectivity index (χ2v) is 5.00. The molecular formula is C21H23NO. The summed E-state index contributed by atoms with van der Waals surface area (Å²) in [5.41, 5.74) is 8.35. The molecule has 0 fully saturated rings. The number of rotatable bonds is 1. The van der Waals surface area contributed by atoms with Gasteiger partial charge in [-0.2, -0.15) is 0 Å². The van der Waals surface area contributed by atoms with Gasteiger partial charge in [-0.15, -0.1) is 0 Å². The fourth-order valence-corrected chi connectivity index (χ4v) is 1.80. The van der Waals surface area contributed by atoms with E-state index in [4.69, 9.17) is 0 Å². The van der Waals surface area contributed by atoms with Crippen LogP contribution in [-0.4, -0.2) is 5.91 Å². The molecule has 0 aromatic heterocycles. The molecule has 0 aliphatic heterocycles. The van der Waals surface area contributed by atoms with Gasteiger partial charge in [-0.3, -0.25) is 4.79 Å². The third-order valence-electron chi connectivity index (χ3n) is 2.82. The van der Waals surface area contributed by atoms with E-state index in [2.05, 4.69) is 73.3 Å². The quantitative estimate of drug-likeness (QED) is 0.687. The van der Waals surface area contributed by atoms with E-state index < -0.39 is 0 Å². The van der Waals surface area contributed by atoms with Crippen LogP contribution in [0.1, 0.15) is 12.5 Å². The minimum atomic E-state index is -0.333. The van der Waals surface area contributed by atoms with Crippen LogP contribution in [0.4, 0.5) is 0 Å². The Bertz CT molecular complexity index is 622. The molecule has 3 aromatic rings. The third kappa shape index (κ3) is 8.89. The molecule has 23 heavy (non-hydrogen) atoms. The molecular weight excluding hydrogens is 282 g/mol. The molecule has 0 heterocycles. The average Bonchev–Trinajstić information content (AvgIpc) is 2.57. The maximum atomic E-state index is 9.22. The summed E-state index contributed by atoms with van der Waals surface area (Å²) >= 11 is 0. The lowest BCUT2D eigenvalue weighted by Gasteiger charge is -1.98. The van der Waals surface area contributed by atoms with Gasteiger partial charge in [0.1, 0.15) is 0 Å². The maximum Gasteiger partial charge on any atom is 0.214 e. The van der Waals surface area contributed by atoms with Gasteiger partial charge in [-0.05, 0) is 18.1 Å². The summed E-state index contributed by atoms with van der Waals surface area (Å²) < 4.78 is 0. The van der Waals surface area contributed by atoms with Crippen molar-refractivity contribution >= 4 is 5.91 Å². The topological polar surface area (TPSA) is 43.1 Å². The standard InChI is InChI=1S/C12H10.C7H8.C2H5NO/c1-3-7-11(8-4-1)12-9-5-2-6-10-12;1-7-5-3-2-4-6-7;1-2(3)4/h1-10H;2-6H,1H3;1H3,(H2,3,4). The number of hydrogen-bond acceptors (Lipinski definition) is 1. The van der Waals surface area contributed by atoms with E-state index in [1.807, 2.05) is 30.3 Å². The van der Waals surface area contributed by atoms with Gasteiger partial charge in [0.05, 0.1) is 0 Å². The van der Waals surface area contributed by atoms with Crippen molar-refractivity contribution in [1.29, 1.82) is 0 Å². The van der Waals surface area contributed by atoms with Crippen molar-refractivity contribution in [2.45, 2.75) is 13.8 Å². The molecule has 0 saturated carbocycles.